The maximum atomic E-state index is 11.4. The molecule has 4 aliphatic carbocycles. The van der Waals surface area contributed by atoms with E-state index in [1.165, 1.54) is 51.0 Å². The first-order chi connectivity index (χ1) is 12.3. The van der Waals surface area contributed by atoms with Gasteiger partial charge in [-0.2, -0.15) is 0 Å². The van der Waals surface area contributed by atoms with Crippen molar-refractivity contribution >= 4 is 5.97 Å². The van der Waals surface area contributed by atoms with E-state index < -0.39 is 0 Å². The van der Waals surface area contributed by atoms with Crippen LogP contribution in [0.2, 0.25) is 0 Å². The largest absolute Gasteiger partial charge is 0.461 e. The van der Waals surface area contributed by atoms with E-state index in [9.17, 15) is 4.79 Å². The number of esters is 1. The second-order valence-electron chi connectivity index (χ2n) is 10.2. The summed E-state index contributed by atoms with van der Waals surface area (Å²) in [6.45, 7) is 8.95. The van der Waals surface area contributed by atoms with Crippen LogP contribution in [-0.4, -0.2) is 18.1 Å². The van der Waals surface area contributed by atoms with E-state index in [4.69, 9.17) is 10.5 Å². The third-order valence-corrected chi connectivity index (χ3v) is 9.19. The van der Waals surface area contributed by atoms with Gasteiger partial charge in [-0.05, 0) is 73.0 Å². The Hall–Kier alpha value is -0.830. The molecule has 0 aliphatic heterocycles. The van der Waals surface area contributed by atoms with Gasteiger partial charge in [0.25, 0.3) is 0 Å². The third kappa shape index (κ3) is 2.60. The first-order valence-electron chi connectivity index (χ1n) is 10.9. The highest BCUT2D eigenvalue weighted by Gasteiger charge is 2.59. The van der Waals surface area contributed by atoms with E-state index in [-0.39, 0.29) is 23.5 Å². The van der Waals surface area contributed by atoms with Crippen molar-refractivity contribution in [2.45, 2.75) is 91.2 Å². The van der Waals surface area contributed by atoms with Crippen molar-refractivity contribution in [2.75, 3.05) is 0 Å². The number of carbonyl (C=O) groups is 1. The number of carbonyl (C=O) groups excluding carboxylic acids is 1. The number of hydrogen-bond acceptors (Lipinski definition) is 3. The predicted octanol–water partition coefficient (Wildman–Crippen LogP) is 4.84. The molecule has 3 saturated carbocycles. The molecular formula is C23H37NO2. The van der Waals surface area contributed by atoms with E-state index in [0.29, 0.717) is 5.41 Å². The first kappa shape index (κ1) is 18.5. The zero-order chi connectivity index (χ0) is 18.7. The Kier molecular flexibility index (Phi) is 4.53. The Labute approximate surface area is 159 Å². The van der Waals surface area contributed by atoms with Gasteiger partial charge in [-0.25, -0.2) is 0 Å². The highest BCUT2D eigenvalue weighted by molar-refractivity contribution is 5.66. The Morgan fingerprint density at radius 3 is 2.73 bits per heavy atom. The average molecular weight is 360 g/mol. The summed E-state index contributed by atoms with van der Waals surface area (Å²) in [4.78, 5) is 11.4. The summed E-state index contributed by atoms with van der Waals surface area (Å²) in [5.74, 6) is 3.21. The van der Waals surface area contributed by atoms with Crippen LogP contribution in [0.5, 0.6) is 0 Å². The summed E-state index contributed by atoms with van der Waals surface area (Å²) in [5, 5.41) is 0. The van der Waals surface area contributed by atoms with Crippen LogP contribution in [0, 0.1) is 34.5 Å². The number of fused-ring (bicyclic) bond motifs is 5. The molecule has 0 saturated heterocycles. The lowest BCUT2D eigenvalue weighted by molar-refractivity contribution is -0.150. The molecule has 3 heteroatoms. The van der Waals surface area contributed by atoms with E-state index in [0.717, 1.165) is 36.5 Å². The van der Waals surface area contributed by atoms with Crippen LogP contribution >= 0.6 is 0 Å². The van der Waals surface area contributed by atoms with Gasteiger partial charge in [0.2, 0.25) is 0 Å². The summed E-state index contributed by atoms with van der Waals surface area (Å²) in [5.41, 5.74) is 8.82. The monoisotopic (exact) mass is 359 g/mol. The van der Waals surface area contributed by atoms with E-state index in [1.54, 1.807) is 0 Å². The fraction of sp³-hybridized carbons (Fsp3) is 0.870. The molecule has 0 spiro atoms. The van der Waals surface area contributed by atoms with Crippen LogP contribution in [-0.2, 0) is 9.53 Å². The van der Waals surface area contributed by atoms with Gasteiger partial charge in [-0.15, -0.1) is 0 Å². The lowest BCUT2D eigenvalue weighted by Crippen LogP contribution is -2.55. The van der Waals surface area contributed by atoms with Crippen molar-refractivity contribution < 1.29 is 9.53 Å². The molecule has 2 unspecified atom stereocenters. The minimum absolute atomic E-state index is 0.0277. The molecule has 0 aromatic rings. The number of allylic oxidation sites excluding steroid dienone is 1. The van der Waals surface area contributed by atoms with Crippen LogP contribution in [0.15, 0.2) is 11.6 Å². The highest BCUT2D eigenvalue weighted by atomic mass is 16.5. The van der Waals surface area contributed by atoms with Crippen LogP contribution in [0.3, 0.4) is 0 Å². The van der Waals surface area contributed by atoms with Crippen LogP contribution in [0.1, 0.15) is 79.1 Å². The summed E-state index contributed by atoms with van der Waals surface area (Å²) in [6.07, 6.45) is 12.4. The fourth-order valence-electron chi connectivity index (χ4n) is 7.87. The van der Waals surface area contributed by atoms with Crippen LogP contribution < -0.4 is 5.73 Å². The second kappa shape index (κ2) is 6.36. The molecule has 0 amide bonds. The quantitative estimate of drug-likeness (QED) is 0.567. The molecule has 0 aromatic carbocycles. The Morgan fingerprint density at radius 2 is 2.04 bits per heavy atom. The molecule has 0 heterocycles. The van der Waals surface area contributed by atoms with Gasteiger partial charge >= 0.3 is 5.97 Å². The van der Waals surface area contributed by atoms with Gasteiger partial charge in [0.1, 0.15) is 6.10 Å². The molecule has 26 heavy (non-hydrogen) atoms. The molecule has 3 nitrogen and oxygen atoms in total. The van der Waals surface area contributed by atoms with E-state index >= 15 is 0 Å². The Morgan fingerprint density at radius 1 is 1.27 bits per heavy atom. The second-order valence-corrected chi connectivity index (χ2v) is 10.2. The van der Waals surface area contributed by atoms with Gasteiger partial charge in [0.15, 0.2) is 0 Å². The van der Waals surface area contributed by atoms with Crippen molar-refractivity contribution in [1.29, 1.82) is 0 Å². The Bertz CT molecular complexity index is 613. The maximum Gasteiger partial charge on any atom is 0.302 e. The van der Waals surface area contributed by atoms with Gasteiger partial charge in [-0.3, -0.25) is 4.79 Å². The topological polar surface area (TPSA) is 52.3 Å². The summed E-state index contributed by atoms with van der Waals surface area (Å²) < 4.78 is 5.54. The van der Waals surface area contributed by atoms with Crippen molar-refractivity contribution in [2.24, 2.45) is 40.2 Å². The summed E-state index contributed by atoms with van der Waals surface area (Å²) in [7, 11) is 0. The van der Waals surface area contributed by atoms with Gasteiger partial charge in [-0.1, -0.05) is 38.8 Å². The molecule has 0 aromatic heterocycles. The van der Waals surface area contributed by atoms with E-state index in [1.807, 2.05) is 0 Å². The van der Waals surface area contributed by atoms with E-state index in [2.05, 4.69) is 26.8 Å². The molecule has 8 atom stereocenters. The fourth-order valence-corrected chi connectivity index (χ4v) is 7.87. The molecule has 4 rings (SSSR count). The number of nitrogens with two attached hydrogens (primary N) is 1. The molecule has 3 fully saturated rings. The third-order valence-electron chi connectivity index (χ3n) is 9.19. The summed E-state index contributed by atoms with van der Waals surface area (Å²) >= 11 is 0. The van der Waals surface area contributed by atoms with Gasteiger partial charge in [0.05, 0.1) is 0 Å². The SMILES string of the molecule is CC[C@H]1CC[C@H]2[C@@H]3CC=C4CC(OC(C)=O)C(N)C[C@]4(C)[C@H]3CC[C@]12C. The molecule has 0 bridgehead atoms. The average Bonchev–Trinajstić information content (AvgIpc) is 2.91. The molecule has 146 valence electrons. The number of hydrogen-bond donors (Lipinski definition) is 1. The predicted molar refractivity (Wildman–Crippen MR) is 104 cm³/mol. The minimum atomic E-state index is -0.201. The van der Waals surface area contributed by atoms with Gasteiger partial charge < -0.3 is 10.5 Å². The molecular weight excluding hydrogens is 322 g/mol. The van der Waals surface area contributed by atoms with Crippen molar-refractivity contribution in [1.82, 2.24) is 0 Å². The smallest absolute Gasteiger partial charge is 0.302 e. The van der Waals surface area contributed by atoms with Crippen molar-refractivity contribution in [3.05, 3.63) is 11.6 Å². The number of rotatable bonds is 2. The molecule has 2 N–H and O–H groups in total. The van der Waals surface area contributed by atoms with Crippen molar-refractivity contribution in [3.8, 4) is 0 Å². The normalized spacial score (nSPS) is 50.3. The number of ether oxygens (including phenoxy) is 1. The lowest BCUT2D eigenvalue weighted by Gasteiger charge is -2.59. The maximum absolute atomic E-state index is 11.4. The lowest BCUT2D eigenvalue weighted by atomic mass is 9.47. The first-order valence-corrected chi connectivity index (χ1v) is 10.9. The van der Waals surface area contributed by atoms with Crippen LogP contribution in [0.25, 0.3) is 0 Å². The summed E-state index contributed by atoms with van der Waals surface area (Å²) in [6, 6.07) is -0.0277. The molecule has 4 aliphatic rings. The van der Waals surface area contributed by atoms with Crippen LogP contribution in [0.4, 0.5) is 0 Å². The standard InChI is InChI=1S/C23H37NO2/c1-5-15-7-9-18-17-8-6-16-12-21(26-14(2)25)20(24)13-23(16,4)19(17)10-11-22(15,18)3/h6,15,17-21H,5,7-13,24H2,1-4H3/t15-,17-,18-,19-,20?,21?,22+,23-/m0/s1. The molecule has 0 radical (unpaired) electrons. The van der Waals surface area contributed by atoms with Crippen molar-refractivity contribution in [3.63, 3.8) is 0 Å². The Balaban J connectivity index is 1.61. The van der Waals surface area contributed by atoms with Gasteiger partial charge in [0, 0.05) is 19.4 Å². The minimum Gasteiger partial charge on any atom is -0.461 e. The highest BCUT2D eigenvalue weighted by Crippen LogP contribution is 2.66. The zero-order valence-electron chi connectivity index (χ0n) is 17.1. The zero-order valence-corrected chi connectivity index (χ0v) is 17.1.